The Bertz CT molecular complexity index is 902. The molecular formula is C23H24N2O3. The van der Waals surface area contributed by atoms with Gasteiger partial charge in [0.1, 0.15) is 12.4 Å². The number of aldehydes is 1. The van der Waals surface area contributed by atoms with Gasteiger partial charge in [0, 0.05) is 24.1 Å². The standard InChI is InChI=1S/C23H24N2O3/c1-15-16(2)20(9-8-18(15)14-24)25-21-10-11-22(19(21)12-13-26)28-23(27)17-6-4-3-5-7-17/h3-9,13,19,21-22,25H,10-12H2,1-2H3. The molecule has 5 nitrogen and oxygen atoms in total. The van der Waals surface area contributed by atoms with Gasteiger partial charge in [0.05, 0.1) is 17.2 Å². The molecule has 0 saturated heterocycles. The second kappa shape index (κ2) is 8.71. The average Bonchev–Trinajstić information content (AvgIpc) is 3.08. The van der Waals surface area contributed by atoms with Crippen LogP contribution in [0.4, 0.5) is 5.69 Å². The third-order valence-corrected chi connectivity index (χ3v) is 5.64. The van der Waals surface area contributed by atoms with E-state index in [-0.39, 0.29) is 24.0 Å². The Labute approximate surface area is 165 Å². The van der Waals surface area contributed by atoms with Crippen LogP contribution in [-0.4, -0.2) is 24.4 Å². The molecule has 0 spiro atoms. The molecule has 1 aliphatic rings. The molecule has 0 aromatic heterocycles. The summed E-state index contributed by atoms with van der Waals surface area (Å²) in [7, 11) is 0. The number of rotatable bonds is 6. The lowest BCUT2D eigenvalue weighted by molar-refractivity contribution is -0.109. The lowest BCUT2D eigenvalue weighted by Gasteiger charge is -2.26. The first kappa shape index (κ1) is 19.6. The molecule has 2 aromatic rings. The number of anilines is 1. The van der Waals surface area contributed by atoms with Gasteiger partial charge in [-0.3, -0.25) is 0 Å². The highest BCUT2D eigenvalue weighted by Crippen LogP contribution is 2.35. The van der Waals surface area contributed by atoms with Crippen LogP contribution in [0.3, 0.4) is 0 Å². The van der Waals surface area contributed by atoms with E-state index in [1.165, 1.54) is 0 Å². The van der Waals surface area contributed by atoms with Crippen LogP contribution < -0.4 is 5.32 Å². The fourth-order valence-corrected chi connectivity index (χ4v) is 3.86. The molecule has 1 aliphatic carbocycles. The summed E-state index contributed by atoms with van der Waals surface area (Å²) in [4.78, 5) is 23.7. The summed E-state index contributed by atoms with van der Waals surface area (Å²) in [5, 5.41) is 12.7. The number of carbonyl (C=O) groups excluding carboxylic acids is 2. The number of hydrogen-bond acceptors (Lipinski definition) is 5. The zero-order valence-corrected chi connectivity index (χ0v) is 16.1. The van der Waals surface area contributed by atoms with Crippen LogP contribution in [0, 0.1) is 31.1 Å². The van der Waals surface area contributed by atoms with E-state index in [0.29, 0.717) is 24.0 Å². The highest BCUT2D eigenvalue weighted by Gasteiger charge is 2.38. The average molecular weight is 376 g/mol. The number of carbonyl (C=O) groups is 2. The van der Waals surface area contributed by atoms with Crippen molar-refractivity contribution in [2.45, 2.75) is 45.3 Å². The fraction of sp³-hybridized carbons (Fsp3) is 0.348. The SMILES string of the molecule is Cc1c(C#N)ccc(NC2CCC(OC(=O)c3ccccc3)C2CC=O)c1C. The molecule has 0 heterocycles. The van der Waals surface area contributed by atoms with E-state index >= 15 is 0 Å². The quantitative estimate of drug-likeness (QED) is 0.604. The van der Waals surface area contributed by atoms with Gasteiger partial charge in [-0.1, -0.05) is 18.2 Å². The maximum Gasteiger partial charge on any atom is 0.338 e. The molecule has 3 unspecified atom stereocenters. The van der Waals surface area contributed by atoms with Gasteiger partial charge >= 0.3 is 5.97 Å². The molecule has 1 saturated carbocycles. The molecule has 5 heteroatoms. The summed E-state index contributed by atoms with van der Waals surface area (Å²) in [6.07, 6.45) is 2.45. The first-order valence-electron chi connectivity index (χ1n) is 9.51. The highest BCUT2D eigenvalue weighted by atomic mass is 16.5. The molecule has 2 aromatic carbocycles. The van der Waals surface area contributed by atoms with Crippen molar-refractivity contribution in [3.8, 4) is 6.07 Å². The van der Waals surface area contributed by atoms with Crippen LogP contribution in [-0.2, 0) is 9.53 Å². The van der Waals surface area contributed by atoms with Crippen LogP contribution >= 0.6 is 0 Å². The van der Waals surface area contributed by atoms with Gasteiger partial charge in [-0.15, -0.1) is 0 Å². The Balaban J connectivity index is 1.74. The van der Waals surface area contributed by atoms with Gasteiger partial charge < -0.3 is 14.8 Å². The normalized spacial score (nSPS) is 21.0. The van der Waals surface area contributed by atoms with Crippen LogP contribution in [0.5, 0.6) is 0 Å². The van der Waals surface area contributed by atoms with Crippen LogP contribution in [0.1, 0.15) is 46.3 Å². The summed E-state index contributed by atoms with van der Waals surface area (Å²) in [6.45, 7) is 3.91. The summed E-state index contributed by atoms with van der Waals surface area (Å²) >= 11 is 0. The lowest BCUT2D eigenvalue weighted by atomic mass is 9.96. The minimum atomic E-state index is -0.354. The number of hydrogen-bond donors (Lipinski definition) is 1. The van der Waals surface area contributed by atoms with Crippen LogP contribution in [0.15, 0.2) is 42.5 Å². The molecule has 1 fully saturated rings. The van der Waals surface area contributed by atoms with Crippen molar-refractivity contribution >= 4 is 17.9 Å². The Morgan fingerprint density at radius 1 is 1.18 bits per heavy atom. The fourth-order valence-electron chi connectivity index (χ4n) is 3.86. The zero-order chi connectivity index (χ0) is 20.1. The minimum absolute atomic E-state index is 0.0322. The second-order valence-electron chi connectivity index (χ2n) is 7.23. The zero-order valence-electron chi connectivity index (χ0n) is 16.1. The second-order valence-corrected chi connectivity index (χ2v) is 7.23. The maximum atomic E-state index is 12.4. The largest absolute Gasteiger partial charge is 0.458 e. The van der Waals surface area contributed by atoms with Crippen LogP contribution in [0.25, 0.3) is 0 Å². The third kappa shape index (κ3) is 4.07. The Kier molecular flexibility index (Phi) is 6.10. The van der Waals surface area contributed by atoms with Crippen molar-refractivity contribution in [3.05, 3.63) is 64.7 Å². The number of esters is 1. The number of nitriles is 1. The maximum absolute atomic E-state index is 12.4. The van der Waals surface area contributed by atoms with Gasteiger partial charge in [0.25, 0.3) is 0 Å². The predicted molar refractivity (Wildman–Crippen MR) is 107 cm³/mol. The number of ether oxygens (including phenoxy) is 1. The highest BCUT2D eigenvalue weighted by molar-refractivity contribution is 5.89. The van der Waals surface area contributed by atoms with Gasteiger partial charge in [-0.25, -0.2) is 4.79 Å². The van der Waals surface area contributed by atoms with E-state index in [2.05, 4.69) is 11.4 Å². The molecule has 144 valence electrons. The molecule has 1 N–H and O–H groups in total. The van der Waals surface area contributed by atoms with Crippen LogP contribution in [0.2, 0.25) is 0 Å². The van der Waals surface area contributed by atoms with Crippen molar-refractivity contribution in [1.29, 1.82) is 5.26 Å². The number of benzene rings is 2. The van der Waals surface area contributed by atoms with Crippen molar-refractivity contribution < 1.29 is 14.3 Å². The first-order chi connectivity index (χ1) is 13.5. The Morgan fingerprint density at radius 3 is 2.61 bits per heavy atom. The summed E-state index contributed by atoms with van der Waals surface area (Å²) in [6, 6.07) is 14.8. The first-order valence-corrected chi connectivity index (χ1v) is 9.51. The van der Waals surface area contributed by atoms with Gasteiger partial charge in [0.15, 0.2) is 0 Å². The van der Waals surface area contributed by atoms with E-state index in [0.717, 1.165) is 29.5 Å². The summed E-state index contributed by atoms with van der Waals surface area (Å²) in [5.74, 6) is -0.437. The van der Waals surface area contributed by atoms with E-state index < -0.39 is 0 Å². The molecule has 0 amide bonds. The molecule has 0 bridgehead atoms. The number of nitrogens with one attached hydrogen (secondary N) is 1. The molecule has 0 aliphatic heterocycles. The van der Waals surface area contributed by atoms with E-state index in [9.17, 15) is 14.9 Å². The lowest BCUT2D eigenvalue weighted by Crippen LogP contribution is -2.32. The van der Waals surface area contributed by atoms with E-state index in [4.69, 9.17) is 4.74 Å². The van der Waals surface area contributed by atoms with Crippen molar-refractivity contribution in [3.63, 3.8) is 0 Å². The monoisotopic (exact) mass is 376 g/mol. The topological polar surface area (TPSA) is 79.2 Å². The molecule has 28 heavy (non-hydrogen) atoms. The van der Waals surface area contributed by atoms with Gasteiger partial charge in [0.2, 0.25) is 0 Å². The Hall–Kier alpha value is -3.13. The van der Waals surface area contributed by atoms with Gasteiger partial charge in [-0.05, 0) is 62.1 Å². The summed E-state index contributed by atoms with van der Waals surface area (Å²) in [5.41, 5.74) is 4.10. The van der Waals surface area contributed by atoms with Crippen molar-refractivity contribution in [2.75, 3.05) is 5.32 Å². The number of nitrogens with zero attached hydrogens (tertiary/aromatic N) is 1. The minimum Gasteiger partial charge on any atom is -0.458 e. The summed E-state index contributed by atoms with van der Waals surface area (Å²) < 4.78 is 5.74. The van der Waals surface area contributed by atoms with Gasteiger partial charge in [-0.2, -0.15) is 5.26 Å². The van der Waals surface area contributed by atoms with E-state index in [1.54, 1.807) is 30.3 Å². The predicted octanol–water partition coefficient (Wildman–Crippen LogP) is 4.18. The van der Waals surface area contributed by atoms with E-state index in [1.807, 2.05) is 26.0 Å². The molecule has 0 radical (unpaired) electrons. The molecule has 3 atom stereocenters. The Morgan fingerprint density at radius 2 is 1.93 bits per heavy atom. The third-order valence-electron chi connectivity index (χ3n) is 5.64. The smallest absolute Gasteiger partial charge is 0.338 e. The molecular weight excluding hydrogens is 352 g/mol. The van der Waals surface area contributed by atoms with Crippen molar-refractivity contribution in [2.24, 2.45) is 5.92 Å². The van der Waals surface area contributed by atoms with Crippen molar-refractivity contribution in [1.82, 2.24) is 0 Å². The molecule has 3 rings (SSSR count).